The van der Waals surface area contributed by atoms with Gasteiger partial charge in [-0.2, -0.15) is 5.10 Å². The summed E-state index contributed by atoms with van der Waals surface area (Å²) in [5.74, 6) is 0. The summed E-state index contributed by atoms with van der Waals surface area (Å²) in [4.78, 5) is 4.65. The van der Waals surface area contributed by atoms with E-state index in [0.29, 0.717) is 0 Å². The smallest absolute Gasteiger partial charge is 0.0982 e. The molecule has 0 aliphatic rings. The molecular formula is C13H20N4S. The van der Waals surface area contributed by atoms with Crippen LogP contribution in [0.1, 0.15) is 31.5 Å². The van der Waals surface area contributed by atoms with Crippen LogP contribution in [0.4, 0.5) is 0 Å². The normalized spacial score (nSPS) is 11.9. The largest absolute Gasteiger partial charge is 0.309 e. The molecule has 0 spiro atoms. The van der Waals surface area contributed by atoms with Gasteiger partial charge in [-0.1, -0.05) is 20.8 Å². The van der Waals surface area contributed by atoms with Crippen LogP contribution in [0.3, 0.4) is 0 Å². The third-order valence-electron chi connectivity index (χ3n) is 2.58. The van der Waals surface area contributed by atoms with Gasteiger partial charge in [-0.25, -0.2) is 4.98 Å². The van der Waals surface area contributed by atoms with E-state index in [1.165, 1.54) is 5.01 Å². The molecular weight excluding hydrogens is 244 g/mol. The maximum Gasteiger partial charge on any atom is 0.0982 e. The number of aromatic nitrogens is 3. The second kappa shape index (κ2) is 5.63. The van der Waals surface area contributed by atoms with Gasteiger partial charge in [0.25, 0.3) is 0 Å². The number of nitrogens with one attached hydrogen (secondary N) is 1. The van der Waals surface area contributed by atoms with Crippen LogP contribution in [-0.4, -0.2) is 21.3 Å². The molecule has 18 heavy (non-hydrogen) atoms. The topological polar surface area (TPSA) is 42.7 Å². The third kappa shape index (κ3) is 3.65. The molecule has 0 radical (unpaired) electrons. The van der Waals surface area contributed by atoms with Gasteiger partial charge in [0, 0.05) is 36.3 Å². The van der Waals surface area contributed by atoms with Crippen LogP contribution in [0.2, 0.25) is 0 Å². The Morgan fingerprint density at radius 3 is 2.83 bits per heavy atom. The molecule has 0 aliphatic carbocycles. The molecule has 98 valence electrons. The number of hydrogen-bond donors (Lipinski definition) is 1. The van der Waals surface area contributed by atoms with E-state index in [-0.39, 0.29) is 5.41 Å². The van der Waals surface area contributed by atoms with Gasteiger partial charge in [-0.15, -0.1) is 11.3 Å². The fourth-order valence-electron chi connectivity index (χ4n) is 1.58. The highest BCUT2D eigenvalue weighted by Crippen LogP contribution is 2.25. The lowest BCUT2D eigenvalue weighted by Gasteiger charge is -2.13. The molecule has 2 rings (SSSR count). The van der Waals surface area contributed by atoms with E-state index in [2.05, 4.69) is 41.6 Å². The summed E-state index contributed by atoms with van der Waals surface area (Å²) in [7, 11) is 0. The first-order chi connectivity index (χ1) is 8.55. The Labute approximate surface area is 112 Å². The zero-order valence-corrected chi connectivity index (χ0v) is 12.0. The summed E-state index contributed by atoms with van der Waals surface area (Å²) in [6.45, 7) is 9.21. The second-order valence-corrected chi connectivity index (χ2v) is 6.20. The quantitative estimate of drug-likeness (QED) is 0.843. The maximum atomic E-state index is 4.65. The van der Waals surface area contributed by atoms with Crippen molar-refractivity contribution in [3.63, 3.8) is 0 Å². The molecule has 0 saturated carbocycles. The third-order valence-corrected chi connectivity index (χ3v) is 3.89. The first-order valence-corrected chi connectivity index (χ1v) is 7.07. The standard InChI is InChI=1S/C13H20N4S/c1-13(2,3)12-16-11(10-18-12)9-14-6-8-17-7-4-5-15-17/h4-5,7,10,14H,6,8-9H2,1-3H3. The van der Waals surface area contributed by atoms with Crippen LogP contribution in [0.25, 0.3) is 0 Å². The van der Waals surface area contributed by atoms with Gasteiger partial charge in [0.05, 0.1) is 17.2 Å². The van der Waals surface area contributed by atoms with Crippen molar-refractivity contribution >= 4 is 11.3 Å². The minimum absolute atomic E-state index is 0.151. The molecule has 2 aromatic rings. The summed E-state index contributed by atoms with van der Waals surface area (Å²) in [5.41, 5.74) is 1.28. The number of thiazole rings is 1. The van der Waals surface area contributed by atoms with Gasteiger partial charge in [-0.05, 0) is 6.07 Å². The lowest BCUT2D eigenvalue weighted by Crippen LogP contribution is -2.20. The van der Waals surface area contributed by atoms with Gasteiger partial charge in [0.1, 0.15) is 0 Å². The van der Waals surface area contributed by atoms with Crippen LogP contribution < -0.4 is 5.32 Å². The van der Waals surface area contributed by atoms with Crippen molar-refractivity contribution < 1.29 is 0 Å². The summed E-state index contributed by atoms with van der Waals surface area (Å²) in [5, 5.41) is 10.9. The average molecular weight is 264 g/mol. The molecule has 4 nitrogen and oxygen atoms in total. The molecule has 0 aromatic carbocycles. The van der Waals surface area contributed by atoms with Crippen molar-refractivity contribution in [3.05, 3.63) is 34.5 Å². The zero-order valence-electron chi connectivity index (χ0n) is 11.2. The van der Waals surface area contributed by atoms with E-state index in [0.717, 1.165) is 25.3 Å². The van der Waals surface area contributed by atoms with E-state index < -0.39 is 0 Å². The minimum atomic E-state index is 0.151. The van der Waals surface area contributed by atoms with E-state index in [9.17, 15) is 0 Å². The number of rotatable bonds is 5. The van der Waals surface area contributed by atoms with E-state index >= 15 is 0 Å². The summed E-state index contributed by atoms with van der Waals surface area (Å²) < 4.78 is 1.93. The molecule has 0 amide bonds. The lowest BCUT2D eigenvalue weighted by molar-refractivity contribution is 0.547. The van der Waals surface area contributed by atoms with Crippen LogP contribution >= 0.6 is 11.3 Å². The predicted octanol–water partition coefficient (Wildman–Crippen LogP) is 2.43. The summed E-state index contributed by atoms with van der Waals surface area (Å²) >= 11 is 1.74. The molecule has 2 aromatic heterocycles. The van der Waals surface area contributed by atoms with E-state index in [4.69, 9.17) is 0 Å². The van der Waals surface area contributed by atoms with Crippen molar-refractivity contribution in [3.8, 4) is 0 Å². The molecule has 0 bridgehead atoms. The van der Waals surface area contributed by atoms with Gasteiger partial charge in [-0.3, -0.25) is 4.68 Å². The van der Waals surface area contributed by atoms with Crippen molar-refractivity contribution in [2.45, 2.75) is 39.3 Å². The number of nitrogens with zero attached hydrogens (tertiary/aromatic N) is 3. The molecule has 0 aliphatic heterocycles. The van der Waals surface area contributed by atoms with Crippen molar-refractivity contribution in [2.24, 2.45) is 0 Å². The van der Waals surface area contributed by atoms with Crippen LogP contribution in [0.5, 0.6) is 0 Å². The Kier molecular flexibility index (Phi) is 4.14. The zero-order chi connectivity index (χ0) is 13.0. The van der Waals surface area contributed by atoms with Crippen LogP contribution in [-0.2, 0) is 18.5 Å². The first kappa shape index (κ1) is 13.2. The van der Waals surface area contributed by atoms with Gasteiger partial charge in [0.2, 0.25) is 0 Å². The molecule has 0 atom stereocenters. The molecule has 5 heteroatoms. The minimum Gasteiger partial charge on any atom is -0.309 e. The summed E-state index contributed by atoms with van der Waals surface area (Å²) in [6, 6.07) is 1.94. The maximum absolute atomic E-state index is 4.65. The van der Waals surface area contributed by atoms with Gasteiger partial charge in [0.15, 0.2) is 0 Å². The Hall–Kier alpha value is -1.20. The van der Waals surface area contributed by atoms with Crippen LogP contribution in [0, 0.1) is 0 Å². The highest BCUT2D eigenvalue weighted by Gasteiger charge is 2.17. The predicted molar refractivity (Wildman–Crippen MR) is 74.7 cm³/mol. The second-order valence-electron chi connectivity index (χ2n) is 5.34. The van der Waals surface area contributed by atoms with Crippen molar-refractivity contribution in [1.29, 1.82) is 0 Å². The first-order valence-electron chi connectivity index (χ1n) is 6.19. The van der Waals surface area contributed by atoms with E-state index in [1.54, 1.807) is 17.5 Å². The Morgan fingerprint density at radius 2 is 2.22 bits per heavy atom. The van der Waals surface area contributed by atoms with Gasteiger partial charge < -0.3 is 5.32 Å². The number of hydrogen-bond acceptors (Lipinski definition) is 4. The van der Waals surface area contributed by atoms with Crippen molar-refractivity contribution in [2.75, 3.05) is 6.54 Å². The summed E-state index contributed by atoms with van der Waals surface area (Å²) in [6.07, 6.45) is 3.78. The average Bonchev–Trinajstić information content (AvgIpc) is 2.95. The SMILES string of the molecule is CC(C)(C)c1nc(CNCCn2cccn2)cs1. The molecule has 0 unspecified atom stereocenters. The molecule has 2 heterocycles. The van der Waals surface area contributed by atoms with Crippen LogP contribution in [0.15, 0.2) is 23.8 Å². The Bertz CT molecular complexity index is 467. The fraction of sp³-hybridized carbons (Fsp3) is 0.538. The highest BCUT2D eigenvalue weighted by molar-refractivity contribution is 7.09. The van der Waals surface area contributed by atoms with E-state index in [1.807, 2.05) is 16.9 Å². The van der Waals surface area contributed by atoms with Crippen molar-refractivity contribution in [1.82, 2.24) is 20.1 Å². The fourth-order valence-corrected chi connectivity index (χ4v) is 2.48. The molecule has 1 N–H and O–H groups in total. The molecule has 0 saturated heterocycles. The monoisotopic (exact) mass is 264 g/mol. The Balaban J connectivity index is 1.75. The highest BCUT2D eigenvalue weighted by atomic mass is 32.1. The Morgan fingerprint density at radius 1 is 1.39 bits per heavy atom. The lowest BCUT2D eigenvalue weighted by atomic mass is 9.98. The van der Waals surface area contributed by atoms with Gasteiger partial charge >= 0.3 is 0 Å². The molecule has 0 fully saturated rings.